The molecule has 106 valence electrons. The van der Waals surface area contributed by atoms with Crippen molar-refractivity contribution in [1.29, 1.82) is 0 Å². The lowest BCUT2D eigenvalue weighted by molar-refractivity contribution is 0.102. The molecule has 0 radical (unpaired) electrons. The van der Waals surface area contributed by atoms with Gasteiger partial charge in [0.2, 0.25) is 0 Å². The van der Waals surface area contributed by atoms with E-state index in [-0.39, 0.29) is 6.10 Å². The second-order valence-corrected chi connectivity index (χ2v) is 5.87. The first-order valence-electron chi connectivity index (χ1n) is 7.50. The van der Waals surface area contributed by atoms with Crippen LogP contribution in [-0.4, -0.2) is 41.2 Å². The molecule has 1 atom stereocenters. The van der Waals surface area contributed by atoms with Gasteiger partial charge in [-0.1, -0.05) is 31.7 Å². The minimum absolute atomic E-state index is 0.170. The number of hydrogen-bond donors (Lipinski definition) is 1. The van der Waals surface area contributed by atoms with Crippen LogP contribution in [0.25, 0.3) is 0 Å². The van der Waals surface area contributed by atoms with Gasteiger partial charge in [-0.15, -0.1) is 0 Å². The van der Waals surface area contributed by atoms with Gasteiger partial charge in [0.15, 0.2) is 0 Å². The molecule has 19 heavy (non-hydrogen) atoms. The molecule has 3 nitrogen and oxygen atoms in total. The van der Waals surface area contributed by atoms with Crippen molar-refractivity contribution in [2.75, 3.05) is 20.1 Å². The summed E-state index contributed by atoms with van der Waals surface area (Å²) in [5, 5.41) is 10.1. The third kappa shape index (κ3) is 5.29. The Morgan fingerprint density at radius 1 is 1.37 bits per heavy atom. The first-order chi connectivity index (χ1) is 9.24. The summed E-state index contributed by atoms with van der Waals surface area (Å²) in [6, 6.07) is 6.03. The van der Waals surface area contributed by atoms with Crippen molar-refractivity contribution in [3.05, 3.63) is 30.1 Å². The summed E-state index contributed by atoms with van der Waals surface area (Å²) in [6.07, 6.45) is 8.94. The maximum absolute atomic E-state index is 10.1. The van der Waals surface area contributed by atoms with Gasteiger partial charge in [-0.05, 0) is 31.5 Å². The van der Waals surface area contributed by atoms with E-state index in [4.69, 9.17) is 0 Å². The lowest BCUT2D eigenvalue weighted by Crippen LogP contribution is -2.31. The molecule has 1 saturated carbocycles. The molecule has 1 aliphatic rings. The zero-order valence-corrected chi connectivity index (χ0v) is 12.0. The molecule has 0 amide bonds. The van der Waals surface area contributed by atoms with E-state index in [0.29, 0.717) is 0 Å². The number of pyridine rings is 1. The standard InChI is InChI=1S/C16H26N2O/c1-18(11-9-15-8-4-5-10-17-15)13-16(19)12-14-6-2-3-7-14/h4-5,8,10,14,16,19H,2-3,6-7,9,11-13H2,1H3. The fraction of sp³-hybridized carbons (Fsp3) is 0.688. The Morgan fingerprint density at radius 3 is 2.84 bits per heavy atom. The zero-order valence-electron chi connectivity index (χ0n) is 12.0. The van der Waals surface area contributed by atoms with Gasteiger partial charge in [-0.2, -0.15) is 0 Å². The molecule has 1 aromatic rings. The summed E-state index contributed by atoms with van der Waals surface area (Å²) < 4.78 is 0. The van der Waals surface area contributed by atoms with E-state index < -0.39 is 0 Å². The van der Waals surface area contributed by atoms with Crippen LogP contribution in [-0.2, 0) is 6.42 Å². The summed E-state index contributed by atoms with van der Waals surface area (Å²) in [7, 11) is 2.08. The van der Waals surface area contributed by atoms with Crippen molar-refractivity contribution < 1.29 is 5.11 Å². The average molecular weight is 262 g/mol. The van der Waals surface area contributed by atoms with E-state index >= 15 is 0 Å². The van der Waals surface area contributed by atoms with Crippen LogP contribution in [0.3, 0.4) is 0 Å². The van der Waals surface area contributed by atoms with Crippen LogP contribution >= 0.6 is 0 Å². The number of aliphatic hydroxyl groups excluding tert-OH is 1. The molecule has 1 aromatic heterocycles. The quantitative estimate of drug-likeness (QED) is 0.820. The summed E-state index contributed by atoms with van der Waals surface area (Å²) >= 11 is 0. The van der Waals surface area contributed by atoms with E-state index in [9.17, 15) is 5.11 Å². The van der Waals surface area contributed by atoms with Crippen LogP contribution in [0.15, 0.2) is 24.4 Å². The van der Waals surface area contributed by atoms with Gasteiger partial charge in [0.1, 0.15) is 0 Å². The average Bonchev–Trinajstić information content (AvgIpc) is 2.90. The van der Waals surface area contributed by atoms with Crippen molar-refractivity contribution in [3.63, 3.8) is 0 Å². The fourth-order valence-corrected chi connectivity index (χ4v) is 3.01. The maximum atomic E-state index is 10.1. The molecule has 1 fully saturated rings. The molecule has 2 rings (SSSR count). The van der Waals surface area contributed by atoms with Crippen molar-refractivity contribution in [1.82, 2.24) is 9.88 Å². The molecule has 0 aliphatic heterocycles. The minimum Gasteiger partial charge on any atom is -0.392 e. The molecule has 1 heterocycles. The Bertz CT molecular complexity index is 349. The normalized spacial score (nSPS) is 18.1. The second-order valence-electron chi connectivity index (χ2n) is 5.87. The SMILES string of the molecule is CN(CCc1ccccn1)CC(O)CC1CCCC1. The first kappa shape index (κ1) is 14.5. The number of aromatic nitrogens is 1. The maximum Gasteiger partial charge on any atom is 0.0669 e. The Morgan fingerprint density at radius 2 is 2.16 bits per heavy atom. The van der Waals surface area contributed by atoms with Crippen molar-refractivity contribution in [2.45, 2.75) is 44.6 Å². The van der Waals surface area contributed by atoms with Crippen molar-refractivity contribution in [3.8, 4) is 0 Å². The van der Waals surface area contributed by atoms with E-state index in [2.05, 4.69) is 23.0 Å². The molecule has 1 N–H and O–H groups in total. The van der Waals surface area contributed by atoms with Gasteiger partial charge in [0.25, 0.3) is 0 Å². The highest BCUT2D eigenvalue weighted by Gasteiger charge is 2.19. The van der Waals surface area contributed by atoms with Crippen LogP contribution in [0, 0.1) is 5.92 Å². The third-order valence-corrected chi connectivity index (χ3v) is 4.08. The fourth-order valence-electron chi connectivity index (χ4n) is 3.01. The van der Waals surface area contributed by atoms with Gasteiger partial charge < -0.3 is 10.0 Å². The predicted octanol–water partition coefficient (Wildman–Crippen LogP) is 2.50. The molecule has 0 aromatic carbocycles. The molecule has 0 bridgehead atoms. The summed E-state index contributed by atoms with van der Waals surface area (Å²) in [4.78, 5) is 6.54. The van der Waals surface area contributed by atoms with Crippen LogP contribution in [0.2, 0.25) is 0 Å². The molecule has 0 saturated heterocycles. The third-order valence-electron chi connectivity index (χ3n) is 4.08. The number of rotatable bonds is 7. The predicted molar refractivity (Wildman–Crippen MR) is 78.0 cm³/mol. The first-order valence-corrected chi connectivity index (χ1v) is 7.50. The minimum atomic E-state index is -0.170. The largest absolute Gasteiger partial charge is 0.392 e. The second kappa shape index (κ2) is 7.61. The Hall–Kier alpha value is -0.930. The topological polar surface area (TPSA) is 36.4 Å². The Balaban J connectivity index is 1.64. The highest BCUT2D eigenvalue weighted by atomic mass is 16.3. The van der Waals surface area contributed by atoms with E-state index in [1.54, 1.807) is 0 Å². The smallest absolute Gasteiger partial charge is 0.0669 e. The molecule has 1 aliphatic carbocycles. The number of aliphatic hydroxyl groups is 1. The summed E-state index contributed by atoms with van der Waals surface area (Å²) in [6.45, 7) is 1.74. The highest BCUT2D eigenvalue weighted by molar-refractivity contribution is 5.03. The Labute approximate surface area is 116 Å². The van der Waals surface area contributed by atoms with Crippen LogP contribution in [0.1, 0.15) is 37.8 Å². The number of likely N-dealkylation sites (N-methyl/N-ethyl adjacent to an activating group) is 1. The Kier molecular flexibility index (Phi) is 5.80. The van der Waals surface area contributed by atoms with Gasteiger partial charge >= 0.3 is 0 Å². The zero-order chi connectivity index (χ0) is 13.5. The lowest BCUT2D eigenvalue weighted by Gasteiger charge is -2.22. The summed E-state index contributed by atoms with van der Waals surface area (Å²) in [5.74, 6) is 0.763. The van der Waals surface area contributed by atoms with Gasteiger partial charge in [-0.3, -0.25) is 4.98 Å². The monoisotopic (exact) mass is 262 g/mol. The van der Waals surface area contributed by atoms with Gasteiger partial charge in [0, 0.05) is 31.4 Å². The van der Waals surface area contributed by atoms with Crippen molar-refractivity contribution in [2.24, 2.45) is 5.92 Å². The van der Waals surface area contributed by atoms with Gasteiger partial charge in [0.05, 0.1) is 6.10 Å². The van der Waals surface area contributed by atoms with Gasteiger partial charge in [-0.25, -0.2) is 0 Å². The molecular weight excluding hydrogens is 236 g/mol. The molecule has 0 spiro atoms. The molecule has 1 unspecified atom stereocenters. The van der Waals surface area contributed by atoms with Crippen LogP contribution in [0.5, 0.6) is 0 Å². The van der Waals surface area contributed by atoms with Crippen LogP contribution in [0.4, 0.5) is 0 Å². The van der Waals surface area contributed by atoms with E-state index in [0.717, 1.165) is 37.5 Å². The molecule has 3 heteroatoms. The number of hydrogen-bond acceptors (Lipinski definition) is 3. The lowest BCUT2D eigenvalue weighted by atomic mass is 10.00. The van der Waals surface area contributed by atoms with Crippen LogP contribution < -0.4 is 0 Å². The summed E-state index contributed by atoms with van der Waals surface area (Å²) in [5.41, 5.74) is 1.12. The van der Waals surface area contributed by atoms with Crippen molar-refractivity contribution >= 4 is 0 Å². The van der Waals surface area contributed by atoms with E-state index in [1.807, 2.05) is 18.3 Å². The molecular formula is C16H26N2O. The number of nitrogens with zero attached hydrogens (tertiary/aromatic N) is 2. The van der Waals surface area contributed by atoms with E-state index in [1.165, 1.54) is 25.7 Å². The highest BCUT2D eigenvalue weighted by Crippen LogP contribution is 2.28.